The Morgan fingerprint density at radius 2 is 1.81 bits per heavy atom. The van der Waals surface area contributed by atoms with Gasteiger partial charge in [0, 0.05) is 10.0 Å². The fraction of sp³-hybridized carbons (Fsp3) is 0.0833. The van der Waals surface area contributed by atoms with E-state index in [-0.39, 0.29) is 5.91 Å². The van der Waals surface area contributed by atoms with Gasteiger partial charge in [-0.2, -0.15) is 0 Å². The Bertz CT molecular complexity index is 1210. The van der Waals surface area contributed by atoms with Crippen LogP contribution in [-0.4, -0.2) is 18.2 Å². The molecule has 0 spiro atoms. The van der Waals surface area contributed by atoms with Crippen LogP contribution < -0.4 is 14.8 Å². The van der Waals surface area contributed by atoms with Crippen molar-refractivity contribution in [1.82, 2.24) is 5.32 Å². The standard InChI is InChI=1S/C24H18Cl2N2O3S/c1-30-21-12-15(5-10-20(21)31-14-16-3-2-4-18(26)11-16)13-22-23(29)28-24(32-22)27-19-8-6-17(25)7-9-19/h2-13H,14H2,1H3,(H,27,28,29)/b22-13-. The number of methoxy groups -OCH3 is 1. The zero-order chi connectivity index (χ0) is 22.5. The number of nitrogens with one attached hydrogen (secondary N) is 1. The molecule has 0 atom stereocenters. The molecule has 32 heavy (non-hydrogen) atoms. The van der Waals surface area contributed by atoms with E-state index in [1.807, 2.05) is 42.5 Å². The first-order valence-electron chi connectivity index (χ1n) is 9.60. The summed E-state index contributed by atoms with van der Waals surface area (Å²) in [5.41, 5.74) is 2.47. The van der Waals surface area contributed by atoms with Gasteiger partial charge in [-0.25, -0.2) is 4.99 Å². The summed E-state index contributed by atoms with van der Waals surface area (Å²) in [6.45, 7) is 0.361. The zero-order valence-corrected chi connectivity index (χ0v) is 19.3. The molecule has 1 saturated heterocycles. The smallest absolute Gasteiger partial charge is 0.264 e. The molecule has 3 aromatic carbocycles. The molecule has 1 amide bonds. The van der Waals surface area contributed by atoms with Crippen molar-refractivity contribution in [1.29, 1.82) is 0 Å². The monoisotopic (exact) mass is 484 g/mol. The Morgan fingerprint density at radius 1 is 1.00 bits per heavy atom. The highest BCUT2D eigenvalue weighted by atomic mass is 35.5. The van der Waals surface area contributed by atoms with Crippen LogP contribution in [0.15, 0.2) is 76.6 Å². The van der Waals surface area contributed by atoms with Gasteiger partial charge in [0.05, 0.1) is 17.7 Å². The number of rotatable bonds is 6. The van der Waals surface area contributed by atoms with Crippen molar-refractivity contribution in [3.05, 3.63) is 92.8 Å². The number of aliphatic imine (C=N–C) groups is 1. The maximum absolute atomic E-state index is 12.4. The number of carbonyl (C=O) groups excluding carboxylic acids is 1. The average Bonchev–Trinajstić information content (AvgIpc) is 3.12. The lowest BCUT2D eigenvalue weighted by atomic mass is 10.2. The van der Waals surface area contributed by atoms with Crippen molar-refractivity contribution in [2.75, 3.05) is 7.11 Å². The molecule has 0 saturated carbocycles. The van der Waals surface area contributed by atoms with Gasteiger partial charge < -0.3 is 14.8 Å². The Morgan fingerprint density at radius 3 is 2.56 bits per heavy atom. The van der Waals surface area contributed by atoms with E-state index in [0.29, 0.717) is 43.9 Å². The molecule has 1 heterocycles. The lowest BCUT2D eigenvalue weighted by Gasteiger charge is -2.11. The van der Waals surface area contributed by atoms with Crippen molar-refractivity contribution in [2.24, 2.45) is 4.99 Å². The van der Waals surface area contributed by atoms with Gasteiger partial charge in [0.1, 0.15) is 6.61 Å². The summed E-state index contributed by atoms with van der Waals surface area (Å²) < 4.78 is 11.4. The predicted octanol–water partition coefficient (Wildman–Crippen LogP) is 6.47. The number of carbonyl (C=O) groups is 1. The van der Waals surface area contributed by atoms with E-state index >= 15 is 0 Å². The maximum atomic E-state index is 12.4. The molecule has 0 bridgehead atoms. The molecule has 0 radical (unpaired) electrons. The number of benzene rings is 3. The fourth-order valence-corrected chi connectivity index (χ4v) is 4.13. The topological polar surface area (TPSA) is 59.9 Å². The average molecular weight is 485 g/mol. The lowest BCUT2D eigenvalue weighted by molar-refractivity contribution is -0.115. The Balaban J connectivity index is 1.48. The SMILES string of the molecule is COc1cc(/C=C2\SC(=Nc3ccc(Cl)cc3)NC2=O)ccc1OCc1cccc(Cl)c1. The second-order valence-corrected chi connectivity index (χ2v) is 8.69. The van der Waals surface area contributed by atoms with Crippen LogP contribution >= 0.6 is 35.0 Å². The summed E-state index contributed by atoms with van der Waals surface area (Å²) in [4.78, 5) is 17.4. The van der Waals surface area contributed by atoms with Gasteiger partial charge in [-0.3, -0.25) is 4.79 Å². The first-order chi connectivity index (χ1) is 15.5. The van der Waals surface area contributed by atoms with E-state index < -0.39 is 0 Å². The molecule has 8 heteroatoms. The second-order valence-electron chi connectivity index (χ2n) is 6.79. The summed E-state index contributed by atoms with van der Waals surface area (Å²) >= 11 is 13.2. The predicted molar refractivity (Wildman–Crippen MR) is 131 cm³/mol. The highest BCUT2D eigenvalue weighted by molar-refractivity contribution is 8.18. The molecule has 5 nitrogen and oxygen atoms in total. The number of amidine groups is 1. The minimum atomic E-state index is -0.206. The third-order valence-electron chi connectivity index (χ3n) is 4.48. The van der Waals surface area contributed by atoms with Gasteiger partial charge in [0.25, 0.3) is 5.91 Å². The van der Waals surface area contributed by atoms with Crippen LogP contribution in [0.1, 0.15) is 11.1 Å². The summed E-state index contributed by atoms with van der Waals surface area (Å²) in [5, 5.41) is 4.58. The van der Waals surface area contributed by atoms with Crippen LogP contribution in [0.4, 0.5) is 5.69 Å². The minimum Gasteiger partial charge on any atom is -0.493 e. The van der Waals surface area contributed by atoms with E-state index in [0.717, 1.165) is 11.1 Å². The molecule has 1 N–H and O–H groups in total. The van der Waals surface area contributed by atoms with Crippen molar-refractivity contribution in [2.45, 2.75) is 6.61 Å². The van der Waals surface area contributed by atoms with E-state index in [1.165, 1.54) is 11.8 Å². The van der Waals surface area contributed by atoms with E-state index in [9.17, 15) is 4.79 Å². The molecule has 1 aliphatic rings. The van der Waals surface area contributed by atoms with Crippen LogP contribution in [0.3, 0.4) is 0 Å². The fourth-order valence-electron chi connectivity index (χ4n) is 2.95. The van der Waals surface area contributed by atoms with E-state index in [4.69, 9.17) is 32.7 Å². The molecule has 3 aromatic rings. The quantitative estimate of drug-likeness (QED) is 0.407. The molecule has 0 aliphatic carbocycles. The molecule has 1 aliphatic heterocycles. The van der Waals surface area contributed by atoms with Gasteiger partial charge >= 0.3 is 0 Å². The lowest BCUT2D eigenvalue weighted by Crippen LogP contribution is -2.19. The molecule has 4 rings (SSSR count). The van der Waals surface area contributed by atoms with E-state index in [1.54, 1.807) is 37.5 Å². The third kappa shape index (κ3) is 5.65. The highest BCUT2D eigenvalue weighted by Crippen LogP contribution is 2.33. The second kappa shape index (κ2) is 10.1. The number of nitrogens with zero attached hydrogens (tertiary/aromatic N) is 1. The highest BCUT2D eigenvalue weighted by Gasteiger charge is 2.24. The van der Waals surface area contributed by atoms with Crippen molar-refractivity contribution in [3.63, 3.8) is 0 Å². The first kappa shape index (κ1) is 22.3. The van der Waals surface area contributed by atoms with Crippen molar-refractivity contribution >= 4 is 57.8 Å². The van der Waals surface area contributed by atoms with Crippen LogP contribution in [0.2, 0.25) is 10.0 Å². The first-order valence-corrected chi connectivity index (χ1v) is 11.2. The molecule has 1 fully saturated rings. The van der Waals surface area contributed by atoms with Crippen LogP contribution in [0, 0.1) is 0 Å². The van der Waals surface area contributed by atoms with Gasteiger partial charge in [-0.1, -0.05) is 41.4 Å². The molecule has 0 unspecified atom stereocenters. The minimum absolute atomic E-state index is 0.206. The van der Waals surface area contributed by atoms with Gasteiger partial charge in [0.15, 0.2) is 16.7 Å². The molecular weight excluding hydrogens is 467 g/mol. The van der Waals surface area contributed by atoms with E-state index in [2.05, 4.69) is 10.3 Å². The van der Waals surface area contributed by atoms with Crippen LogP contribution in [-0.2, 0) is 11.4 Å². The Hall–Kier alpha value is -2.93. The maximum Gasteiger partial charge on any atom is 0.264 e. The summed E-state index contributed by atoms with van der Waals surface area (Å²) in [7, 11) is 1.58. The number of ether oxygens (including phenoxy) is 2. The molecule has 0 aromatic heterocycles. The Kier molecular flexibility index (Phi) is 7.05. The third-order valence-corrected chi connectivity index (χ3v) is 5.87. The molecular formula is C24H18Cl2N2O3S. The largest absolute Gasteiger partial charge is 0.493 e. The number of thioether (sulfide) groups is 1. The van der Waals surface area contributed by atoms with Crippen molar-refractivity contribution < 1.29 is 14.3 Å². The van der Waals surface area contributed by atoms with Gasteiger partial charge in [0.2, 0.25) is 0 Å². The molecule has 162 valence electrons. The number of hydrogen-bond donors (Lipinski definition) is 1. The number of hydrogen-bond acceptors (Lipinski definition) is 5. The van der Waals surface area contributed by atoms with Crippen LogP contribution in [0.25, 0.3) is 6.08 Å². The summed E-state index contributed by atoms with van der Waals surface area (Å²) in [5.74, 6) is 0.964. The van der Waals surface area contributed by atoms with Gasteiger partial charge in [-0.05, 0) is 77.5 Å². The van der Waals surface area contributed by atoms with Crippen LogP contribution in [0.5, 0.6) is 11.5 Å². The summed E-state index contributed by atoms with van der Waals surface area (Å²) in [6.07, 6.45) is 1.79. The van der Waals surface area contributed by atoms with Gasteiger partial charge in [-0.15, -0.1) is 0 Å². The number of halogens is 2. The summed E-state index contributed by atoms with van der Waals surface area (Å²) in [6, 6.07) is 20.1. The number of amides is 1. The normalized spacial score (nSPS) is 15.8. The van der Waals surface area contributed by atoms with Crippen molar-refractivity contribution in [3.8, 4) is 11.5 Å². The zero-order valence-electron chi connectivity index (χ0n) is 17.0. The Labute approximate surface area is 200 Å².